The maximum absolute atomic E-state index is 14.4. The zero-order valence-electron chi connectivity index (χ0n) is 13.2. The third kappa shape index (κ3) is 4.29. The molecule has 21 heavy (non-hydrogen) atoms. The maximum Gasteiger partial charge on any atom is 0.128 e. The highest BCUT2D eigenvalue weighted by Crippen LogP contribution is 2.41. The van der Waals surface area contributed by atoms with E-state index in [1.807, 2.05) is 6.07 Å². The molecule has 1 aromatic carbocycles. The molecule has 0 aliphatic heterocycles. The number of rotatable bonds is 6. The third-order valence-electron chi connectivity index (χ3n) is 4.83. The average Bonchev–Trinajstić information content (AvgIpc) is 2.51. The fourth-order valence-corrected chi connectivity index (χ4v) is 4.11. The third-order valence-corrected chi connectivity index (χ3v) is 5.32. The predicted octanol–water partition coefficient (Wildman–Crippen LogP) is 5.85. The van der Waals surface area contributed by atoms with E-state index in [0.29, 0.717) is 11.8 Å². The molecule has 1 saturated carbocycles. The molecule has 0 aromatic heterocycles. The summed E-state index contributed by atoms with van der Waals surface area (Å²) in [7, 11) is 0. The van der Waals surface area contributed by atoms with Crippen molar-refractivity contribution in [3.8, 4) is 0 Å². The van der Waals surface area contributed by atoms with Crippen LogP contribution in [-0.4, -0.2) is 6.54 Å². The lowest BCUT2D eigenvalue weighted by Gasteiger charge is -2.38. The van der Waals surface area contributed by atoms with Crippen molar-refractivity contribution < 1.29 is 4.39 Å². The lowest BCUT2D eigenvalue weighted by Crippen LogP contribution is -2.35. The summed E-state index contributed by atoms with van der Waals surface area (Å²) < 4.78 is 15.3. The Morgan fingerprint density at radius 3 is 2.76 bits per heavy atom. The molecule has 0 bridgehead atoms. The van der Waals surface area contributed by atoms with E-state index in [-0.39, 0.29) is 11.9 Å². The number of hydrogen-bond acceptors (Lipinski definition) is 1. The largest absolute Gasteiger partial charge is 0.310 e. The Morgan fingerprint density at radius 1 is 1.29 bits per heavy atom. The molecule has 1 aliphatic carbocycles. The fourth-order valence-electron chi connectivity index (χ4n) is 3.73. The van der Waals surface area contributed by atoms with Gasteiger partial charge in [0, 0.05) is 16.1 Å². The fraction of sp³-hybridized carbons (Fsp3) is 0.667. The van der Waals surface area contributed by atoms with Crippen molar-refractivity contribution in [3.05, 3.63) is 34.1 Å². The van der Waals surface area contributed by atoms with E-state index in [1.165, 1.54) is 32.1 Å². The number of halogens is 2. The molecule has 0 amide bonds. The highest BCUT2D eigenvalue weighted by atomic mass is 79.9. The van der Waals surface area contributed by atoms with Gasteiger partial charge in [0.15, 0.2) is 0 Å². The molecule has 1 aromatic rings. The average molecular weight is 356 g/mol. The van der Waals surface area contributed by atoms with Gasteiger partial charge in [-0.05, 0) is 49.4 Å². The van der Waals surface area contributed by atoms with Crippen LogP contribution in [0.2, 0.25) is 0 Å². The smallest absolute Gasteiger partial charge is 0.128 e. The molecule has 3 atom stereocenters. The van der Waals surface area contributed by atoms with Crippen LogP contribution in [0.5, 0.6) is 0 Å². The van der Waals surface area contributed by atoms with Crippen molar-refractivity contribution in [1.82, 2.24) is 5.32 Å². The molecule has 3 heteroatoms. The van der Waals surface area contributed by atoms with Gasteiger partial charge in [0.25, 0.3) is 0 Å². The van der Waals surface area contributed by atoms with Crippen molar-refractivity contribution >= 4 is 15.9 Å². The number of hydrogen-bond donors (Lipinski definition) is 1. The quantitative estimate of drug-likeness (QED) is 0.675. The minimum absolute atomic E-state index is 0.0766. The van der Waals surface area contributed by atoms with Crippen molar-refractivity contribution in [2.75, 3.05) is 6.54 Å². The number of benzene rings is 1. The zero-order chi connectivity index (χ0) is 15.2. The normalized spacial score (nSPS) is 24.0. The predicted molar refractivity (Wildman–Crippen MR) is 90.9 cm³/mol. The van der Waals surface area contributed by atoms with Gasteiger partial charge in [0.1, 0.15) is 5.82 Å². The van der Waals surface area contributed by atoms with Gasteiger partial charge >= 0.3 is 0 Å². The van der Waals surface area contributed by atoms with Crippen molar-refractivity contribution in [1.29, 1.82) is 0 Å². The van der Waals surface area contributed by atoms with Gasteiger partial charge in [0.2, 0.25) is 0 Å². The van der Waals surface area contributed by atoms with E-state index in [1.54, 1.807) is 12.1 Å². The first-order chi connectivity index (χ1) is 10.2. The number of nitrogens with one attached hydrogen (secondary N) is 1. The van der Waals surface area contributed by atoms with Gasteiger partial charge < -0.3 is 5.32 Å². The monoisotopic (exact) mass is 355 g/mol. The van der Waals surface area contributed by atoms with Crippen molar-refractivity contribution in [2.24, 2.45) is 11.8 Å². The first-order valence-electron chi connectivity index (χ1n) is 8.35. The molecule has 1 fully saturated rings. The highest BCUT2D eigenvalue weighted by molar-refractivity contribution is 9.10. The van der Waals surface area contributed by atoms with E-state index in [9.17, 15) is 4.39 Å². The summed E-state index contributed by atoms with van der Waals surface area (Å²) in [6.07, 6.45) is 7.39. The lowest BCUT2D eigenvalue weighted by atomic mass is 9.72. The van der Waals surface area contributed by atoms with Gasteiger partial charge in [-0.2, -0.15) is 0 Å². The van der Waals surface area contributed by atoms with Crippen molar-refractivity contribution in [2.45, 2.75) is 58.4 Å². The molecule has 1 nitrogen and oxygen atoms in total. The molecule has 0 heterocycles. The molecule has 1 aliphatic rings. The molecule has 3 unspecified atom stereocenters. The first-order valence-corrected chi connectivity index (χ1v) is 9.15. The van der Waals surface area contributed by atoms with Crippen LogP contribution in [0, 0.1) is 17.7 Å². The summed E-state index contributed by atoms with van der Waals surface area (Å²) in [4.78, 5) is 0. The highest BCUT2D eigenvalue weighted by Gasteiger charge is 2.32. The summed E-state index contributed by atoms with van der Waals surface area (Å²) in [5, 5.41) is 3.63. The van der Waals surface area contributed by atoms with E-state index in [2.05, 4.69) is 35.1 Å². The van der Waals surface area contributed by atoms with Crippen LogP contribution in [0.4, 0.5) is 4.39 Å². The van der Waals surface area contributed by atoms with E-state index in [0.717, 1.165) is 23.0 Å². The lowest BCUT2D eigenvalue weighted by molar-refractivity contribution is 0.173. The van der Waals surface area contributed by atoms with Crippen LogP contribution in [0.3, 0.4) is 0 Å². The van der Waals surface area contributed by atoms with Crippen LogP contribution in [-0.2, 0) is 0 Å². The van der Waals surface area contributed by atoms with Gasteiger partial charge in [-0.1, -0.05) is 55.5 Å². The summed E-state index contributed by atoms with van der Waals surface area (Å²) >= 11 is 3.49. The second kappa shape index (κ2) is 8.28. The maximum atomic E-state index is 14.4. The topological polar surface area (TPSA) is 12.0 Å². The molecule has 118 valence electrons. The van der Waals surface area contributed by atoms with E-state index in [4.69, 9.17) is 0 Å². The Labute approximate surface area is 136 Å². The summed E-state index contributed by atoms with van der Waals surface area (Å²) in [6, 6.07) is 5.48. The molecular weight excluding hydrogens is 329 g/mol. The zero-order valence-corrected chi connectivity index (χ0v) is 14.8. The molecule has 1 N–H and O–H groups in total. The molecule has 0 radical (unpaired) electrons. The van der Waals surface area contributed by atoms with Gasteiger partial charge in [-0.25, -0.2) is 4.39 Å². The van der Waals surface area contributed by atoms with Crippen LogP contribution < -0.4 is 5.32 Å². The van der Waals surface area contributed by atoms with Crippen LogP contribution in [0.1, 0.15) is 64.0 Å². The second-order valence-corrected chi connectivity index (χ2v) is 7.13. The minimum Gasteiger partial charge on any atom is -0.310 e. The SMILES string of the molecule is CCCNC(c1cc(Br)ccc1F)C1CCCCC1CC. The Kier molecular flexibility index (Phi) is 6.69. The van der Waals surface area contributed by atoms with E-state index < -0.39 is 0 Å². The molecule has 0 saturated heterocycles. The standard InChI is InChI=1S/C18H27BrFN/c1-3-11-21-18(15-8-6-5-7-13(15)4-2)16-12-14(19)9-10-17(16)20/h9-10,12-13,15,18,21H,3-8,11H2,1-2H3. The van der Waals surface area contributed by atoms with E-state index >= 15 is 0 Å². The molecule has 0 spiro atoms. The van der Waals surface area contributed by atoms with Gasteiger partial charge in [-0.3, -0.25) is 0 Å². The molecule has 2 rings (SSSR count). The Morgan fingerprint density at radius 2 is 2.05 bits per heavy atom. The van der Waals surface area contributed by atoms with Crippen LogP contribution >= 0.6 is 15.9 Å². The Bertz CT molecular complexity index is 449. The Balaban J connectivity index is 2.30. The minimum atomic E-state index is -0.0766. The first kappa shape index (κ1) is 17.0. The van der Waals surface area contributed by atoms with Gasteiger partial charge in [0.05, 0.1) is 0 Å². The Hall–Kier alpha value is -0.410. The van der Waals surface area contributed by atoms with Crippen molar-refractivity contribution in [3.63, 3.8) is 0 Å². The molecular formula is C18H27BrFN. The second-order valence-electron chi connectivity index (χ2n) is 6.21. The summed E-state index contributed by atoms with van der Waals surface area (Å²) in [6.45, 7) is 5.39. The van der Waals surface area contributed by atoms with Crippen LogP contribution in [0.25, 0.3) is 0 Å². The summed E-state index contributed by atoms with van der Waals surface area (Å²) in [5.41, 5.74) is 0.836. The van der Waals surface area contributed by atoms with Gasteiger partial charge in [-0.15, -0.1) is 0 Å². The summed E-state index contributed by atoms with van der Waals surface area (Å²) in [5.74, 6) is 1.19. The van der Waals surface area contributed by atoms with Crippen LogP contribution in [0.15, 0.2) is 22.7 Å².